The summed E-state index contributed by atoms with van der Waals surface area (Å²) in [5.41, 5.74) is -0.732. The second-order valence-corrected chi connectivity index (χ2v) is 4.44. The van der Waals surface area contributed by atoms with Crippen LogP contribution >= 0.6 is 0 Å². The molecule has 2 aliphatic rings. The summed E-state index contributed by atoms with van der Waals surface area (Å²) in [6.45, 7) is 0.604. The van der Waals surface area contributed by atoms with Gasteiger partial charge in [0.2, 0.25) is 0 Å². The maximum absolute atomic E-state index is 13.1. The van der Waals surface area contributed by atoms with Crippen LogP contribution in [0.15, 0.2) is 24.3 Å². The molecule has 1 atom stereocenters. The SMILES string of the molecule is O=C1NC2(CCOC2)C(=O)N1c1cccc(F)c1. The summed E-state index contributed by atoms with van der Waals surface area (Å²) < 4.78 is 18.3. The van der Waals surface area contributed by atoms with Crippen LogP contribution in [0, 0.1) is 5.82 Å². The lowest BCUT2D eigenvalue weighted by atomic mass is 9.99. The smallest absolute Gasteiger partial charge is 0.329 e. The van der Waals surface area contributed by atoms with E-state index in [0.717, 1.165) is 11.0 Å². The van der Waals surface area contributed by atoms with Crippen molar-refractivity contribution in [1.82, 2.24) is 5.32 Å². The highest BCUT2D eigenvalue weighted by molar-refractivity contribution is 6.23. The van der Waals surface area contributed by atoms with E-state index in [-0.39, 0.29) is 18.2 Å². The fraction of sp³-hybridized carbons (Fsp3) is 0.333. The van der Waals surface area contributed by atoms with Crippen molar-refractivity contribution in [1.29, 1.82) is 0 Å². The molecule has 2 aliphatic heterocycles. The van der Waals surface area contributed by atoms with Crippen molar-refractivity contribution >= 4 is 17.6 Å². The van der Waals surface area contributed by atoms with Crippen molar-refractivity contribution in [3.8, 4) is 0 Å². The maximum atomic E-state index is 13.1. The van der Waals surface area contributed by atoms with E-state index in [1.165, 1.54) is 18.2 Å². The first-order valence-electron chi connectivity index (χ1n) is 5.62. The molecule has 0 aromatic heterocycles. The average Bonchev–Trinajstić information content (AvgIpc) is 2.87. The van der Waals surface area contributed by atoms with Gasteiger partial charge in [-0.25, -0.2) is 14.1 Å². The van der Waals surface area contributed by atoms with E-state index >= 15 is 0 Å². The Kier molecular flexibility index (Phi) is 2.34. The van der Waals surface area contributed by atoms with Crippen LogP contribution in [0.2, 0.25) is 0 Å². The summed E-state index contributed by atoms with van der Waals surface area (Å²) in [6.07, 6.45) is 0.448. The van der Waals surface area contributed by atoms with Crippen LogP contribution in [0.3, 0.4) is 0 Å². The number of anilines is 1. The van der Waals surface area contributed by atoms with Crippen molar-refractivity contribution in [3.63, 3.8) is 0 Å². The minimum absolute atomic E-state index is 0.170. The first-order chi connectivity index (χ1) is 8.62. The molecule has 0 bridgehead atoms. The minimum atomic E-state index is -0.969. The van der Waals surface area contributed by atoms with Crippen LogP contribution in [0.1, 0.15) is 6.42 Å². The molecule has 0 aliphatic carbocycles. The molecule has 2 saturated heterocycles. The third-order valence-corrected chi connectivity index (χ3v) is 3.25. The zero-order chi connectivity index (χ0) is 12.8. The highest BCUT2D eigenvalue weighted by atomic mass is 19.1. The number of ether oxygens (including phenoxy) is 1. The zero-order valence-electron chi connectivity index (χ0n) is 9.48. The third kappa shape index (κ3) is 1.49. The lowest BCUT2D eigenvalue weighted by Crippen LogP contribution is -2.47. The molecular formula is C12H11FN2O3. The summed E-state index contributed by atoms with van der Waals surface area (Å²) in [7, 11) is 0. The number of hydrogen-bond acceptors (Lipinski definition) is 3. The Morgan fingerprint density at radius 3 is 2.89 bits per heavy atom. The van der Waals surface area contributed by atoms with Gasteiger partial charge in [0, 0.05) is 13.0 Å². The van der Waals surface area contributed by atoms with E-state index in [2.05, 4.69) is 5.32 Å². The number of urea groups is 1. The molecule has 1 aromatic carbocycles. The van der Waals surface area contributed by atoms with Crippen molar-refractivity contribution in [2.24, 2.45) is 0 Å². The monoisotopic (exact) mass is 250 g/mol. The third-order valence-electron chi connectivity index (χ3n) is 3.25. The van der Waals surface area contributed by atoms with Crippen LogP contribution < -0.4 is 10.2 Å². The van der Waals surface area contributed by atoms with Gasteiger partial charge < -0.3 is 10.1 Å². The van der Waals surface area contributed by atoms with Crippen molar-refractivity contribution in [2.75, 3.05) is 18.1 Å². The summed E-state index contributed by atoms with van der Waals surface area (Å²) in [6, 6.07) is 4.87. The van der Waals surface area contributed by atoms with Gasteiger partial charge in [0.1, 0.15) is 11.4 Å². The average molecular weight is 250 g/mol. The molecule has 6 heteroatoms. The predicted molar refractivity (Wildman–Crippen MR) is 60.6 cm³/mol. The molecule has 5 nitrogen and oxygen atoms in total. The summed E-state index contributed by atoms with van der Waals surface area (Å²) >= 11 is 0. The lowest BCUT2D eigenvalue weighted by Gasteiger charge is -2.18. The standard InChI is InChI=1S/C12H11FN2O3/c13-8-2-1-3-9(6-8)15-10(16)12(14-11(15)17)4-5-18-7-12/h1-3,6H,4-5,7H2,(H,14,17). The summed E-state index contributed by atoms with van der Waals surface area (Å²) in [4.78, 5) is 25.1. The van der Waals surface area contributed by atoms with E-state index in [1.807, 2.05) is 0 Å². The Morgan fingerprint density at radius 1 is 1.39 bits per heavy atom. The lowest BCUT2D eigenvalue weighted by molar-refractivity contribution is -0.122. The Labute approximate surface area is 103 Å². The van der Waals surface area contributed by atoms with Gasteiger partial charge >= 0.3 is 6.03 Å². The van der Waals surface area contributed by atoms with E-state index in [4.69, 9.17) is 4.74 Å². The number of carbonyl (C=O) groups is 2. The Balaban J connectivity index is 1.98. The van der Waals surface area contributed by atoms with Gasteiger partial charge in [-0.15, -0.1) is 0 Å². The molecule has 94 valence electrons. The fourth-order valence-corrected chi connectivity index (χ4v) is 2.30. The molecule has 2 heterocycles. The fourth-order valence-electron chi connectivity index (χ4n) is 2.30. The first-order valence-corrected chi connectivity index (χ1v) is 5.62. The first kappa shape index (κ1) is 11.2. The van der Waals surface area contributed by atoms with E-state index < -0.39 is 17.4 Å². The van der Waals surface area contributed by atoms with Gasteiger partial charge in [-0.05, 0) is 18.2 Å². The normalized spacial score (nSPS) is 27.1. The second kappa shape index (κ2) is 3.78. The quantitative estimate of drug-likeness (QED) is 0.758. The van der Waals surface area contributed by atoms with E-state index in [1.54, 1.807) is 0 Å². The van der Waals surface area contributed by atoms with Crippen LogP contribution in [0.25, 0.3) is 0 Å². The molecule has 1 N–H and O–H groups in total. The van der Waals surface area contributed by atoms with Gasteiger partial charge in [-0.2, -0.15) is 0 Å². The number of nitrogens with one attached hydrogen (secondary N) is 1. The Bertz CT molecular complexity index is 526. The molecule has 1 aromatic rings. The predicted octanol–water partition coefficient (Wildman–Crippen LogP) is 1.04. The molecule has 0 radical (unpaired) electrons. The molecule has 18 heavy (non-hydrogen) atoms. The molecule has 3 amide bonds. The van der Waals surface area contributed by atoms with Crippen molar-refractivity contribution < 1.29 is 18.7 Å². The molecule has 1 spiro atoms. The van der Waals surface area contributed by atoms with Crippen LogP contribution in [0.4, 0.5) is 14.9 Å². The van der Waals surface area contributed by atoms with Crippen LogP contribution in [-0.4, -0.2) is 30.7 Å². The van der Waals surface area contributed by atoms with E-state index in [0.29, 0.717) is 13.0 Å². The number of nitrogens with zero attached hydrogens (tertiary/aromatic N) is 1. The highest BCUT2D eigenvalue weighted by Crippen LogP contribution is 2.30. The summed E-state index contributed by atoms with van der Waals surface area (Å²) in [5, 5.41) is 2.64. The number of amides is 3. The molecule has 2 fully saturated rings. The number of rotatable bonds is 1. The van der Waals surface area contributed by atoms with Gasteiger partial charge in [-0.1, -0.05) is 6.07 Å². The number of carbonyl (C=O) groups excluding carboxylic acids is 2. The van der Waals surface area contributed by atoms with E-state index in [9.17, 15) is 14.0 Å². The maximum Gasteiger partial charge on any atom is 0.329 e. The molecular weight excluding hydrogens is 239 g/mol. The second-order valence-electron chi connectivity index (χ2n) is 4.44. The number of benzene rings is 1. The highest BCUT2D eigenvalue weighted by Gasteiger charge is 2.54. The van der Waals surface area contributed by atoms with Crippen molar-refractivity contribution in [3.05, 3.63) is 30.1 Å². The Morgan fingerprint density at radius 2 is 2.22 bits per heavy atom. The zero-order valence-corrected chi connectivity index (χ0v) is 9.48. The molecule has 0 saturated carbocycles. The van der Waals surface area contributed by atoms with Gasteiger partial charge in [0.05, 0.1) is 12.3 Å². The molecule has 3 rings (SSSR count). The summed E-state index contributed by atoms with van der Waals surface area (Å²) in [5.74, 6) is -0.868. The number of halogens is 1. The topological polar surface area (TPSA) is 58.6 Å². The van der Waals surface area contributed by atoms with Gasteiger partial charge in [0.25, 0.3) is 5.91 Å². The minimum Gasteiger partial charge on any atom is -0.378 e. The van der Waals surface area contributed by atoms with Crippen molar-refractivity contribution in [2.45, 2.75) is 12.0 Å². The number of hydrogen-bond donors (Lipinski definition) is 1. The number of imide groups is 1. The van der Waals surface area contributed by atoms with Gasteiger partial charge in [-0.3, -0.25) is 4.79 Å². The van der Waals surface area contributed by atoms with Gasteiger partial charge in [0.15, 0.2) is 0 Å². The Hall–Kier alpha value is -1.95. The largest absolute Gasteiger partial charge is 0.378 e. The molecule has 1 unspecified atom stereocenters. The van der Waals surface area contributed by atoms with Crippen LogP contribution in [-0.2, 0) is 9.53 Å². The van der Waals surface area contributed by atoms with Crippen LogP contribution in [0.5, 0.6) is 0 Å².